The summed E-state index contributed by atoms with van der Waals surface area (Å²) in [6.45, 7) is 2.06. The second kappa shape index (κ2) is 6.53. The molecular weight excluding hydrogens is 296 g/mol. The summed E-state index contributed by atoms with van der Waals surface area (Å²) < 4.78 is 1.91. The van der Waals surface area contributed by atoms with Crippen LogP contribution in [0.2, 0.25) is 0 Å². The van der Waals surface area contributed by atoms with Crippen molar-refractivity contribution in [2.45, 2.75) is 19.8 Å². The van der Waals surface area contributed by atoms with Crippen molar-refractivity contribution < 1.29 is 4.79 Å². The summed E-state index contributed by atoms with van der Waals surface area (Å²) in [5.41, 5.74) is 2.61. The molecule has 6 heteroatoms. The maximum absolute atomic E-state index is 12.0. The third kappa shape index (κ3) is 3.40. The van der Waals surface area contributed by atoms with E-state index < -0.39 is 0 Å². The summed E-state index contributed by atoms with van der Waals surface area (Å²) in [6.07, 6.45) is 6.55. The highest BCUT2D eigenvalue weighted by atomic mass is 32.1. The predicted octanol–water partition coefficient (Wildman–Crippen LogP) is 3.07. The lowest BCUT2D eigenvalue weighted by Crippen LogP contribution is -2.14. The zero-order valence-corrected chi connectivity index (χ0v) is 13.0. The second-order valence-corrected chi connectivity index (χ2v) is 5.77. The van der Waals surface area contributed by atoms with Crippen molar-refractivity contribution in [1.29, 1.82) is 0 Å². The fraction of sp³-hybridized carbons (Fsp3) is 0.188. The van der Waals surface area contributed by atoms with Crippen LogP contribution >= 0.6 is 11.3 Å². The van der Waals surface area contributed by atoms with Gasteiger partial charge >= 0.3 is 0 Å². The van der Waals surface area contributed by atoms with Gasteiger partial charge in [0.15, 0.2) is 0 Å². The molecule has 0 atom stereocenters. The molecule has 0 fully saturated rings. The molecule has 5 nitrogen and oxygen atoms in total. The Morgan fingerprint density at radius 2 is 2.14 bits per heavy atom. The van der Waals surface area contributed by atoms with Crippen LogP contribution in [0.15, 0.2) is 48.4 Å². The zero-order chi connectivity index (χ0) is 15.4. The minimum absolute atomic E-state index is 0.0525. The van der Waals surface area contributed by atoms with Crippen LogP contribution in [0.4, 0.5) is 5.69 Å². The normalized spacial score (nSPS) is 10.6. The first-order valence-electron chi connectivity index (χ1n) is 7.06. The molecule has 2 heterocycles. The Labute approximate surface area is 132 Å². The molecule has 1 amide bonds. The lowest BCUT2D eigenvalue weighted by molar-refractivity contribution is -0.115. The highest BCUT2D eigenvalue weighted by Crippen LogP contribution is 2.14. The van der Waals surface area contributed by atoms with Gasteiger partial charge in [-0.05, 0) is 30.7 Å². The largest absolute Gasteiger partial charge is 0.326 e. The number of hydrogen-bond acceptors (Lipinski definition) is 4. The molecule has 0 aliphatic heterocycles. The Hall–Kier alpha value is -2.47. The summed E-state index contributed by atoms with van der Waals surface area (Å²) in [4.78, 5) is 20.4. The summed E-state index contributed by atoms with van der Waals surface area (Å²) in [6, 6.07) is 7.64. The van der Waals surface area contributed by atoms with Crippen LogP contribution in [0.3, 0.4) is 0 Å². The Morgan fingerprint density at radius 3 is 2.77 bits per heavy atom. The molecule has 0 unspecified atom stereocenters. The maximum atomic E-state index is 12.0. The van der Waals surface area contributed by atoms with E-state index in [0.717, 1.165) is 28.5 Å². The number of carbonyl (C=O) groups excluding carboxylic acids is 1. The van der Waals surface area contributed by atoms with E-state index in [4.69, 9.17) is 0 Å². The van der Waals surface area contributed by atoms with Gasteiger partial charge < -0.3 is 9.88 Å². The van der Waals surface area contributed by atoms with Gasteiger partial charge in [0.05, 0.1) is 23.4 Å². The Morgan fingerprint density at radius 1 is 1.32 bits per heavy atom. The number of nitrogens with zero attached hydrogens (tertiary/aromatic N) is 3. The number of nitrogens with one attached hydrogen (secondary N) is 1. The number of rotatable bonds is 5. The number of aryl methyl sites for hydroxylation is 1. The predicted molar refractivity (Wildman–Crippen MR) is 87.4 cm³/mol. The SMILES string of the molecule is CCc1nc(CC(=O)Nc2ccc(-n3ccnc3)cc2)cs1. The molecule has 0 saturated carbocycles. The van der Waals surface area contributed by atoms with E-state index in [9.17, 15) is 4.79 Å². The van der Waals surface area contributed by atoms with Crippen LogP contribution in [-0.4, -0.2) is 20.4 Å². The van der Waals surface area contributed by atoms with E-state index in [1.165, 1.54) is 0 Å². The molecule has 0 spiro atoms. The zero-order valence-electron chi connectivity index (χ0n) is 12.2. The molecule has 0 radical (unpaired) electrons. The van der Waals surface area contributed by atoms with Crippen molar-refractivity contribution in [2.24, 2.45) is 0 Å². The molecule has 0 aliphatic carbocycles. The Bertz CT molecular complexity index is 747. The van der Waals surface area contributed by atoms with E-state index in [-0.39, 0.29) is 5.91 Å². The van der Waals surface area contributed by atoms with Gasteiger partial charge in [-0.1, -0.05) is 6.92 Å². The van der Waals surface area contributed by atoms with Crippen LogP contribution in [0.5, 0.6) is 0 Å². The van der Waals surface area contributed by atoms with Crippen molar-refractivity contribution in [3.05, 3.63) is 59.1 Å². The van der Waals surface area contributed by atoms with Crippen molar-refractivity contribution in [2.75, 3.05) is 5.32 Å². The number of anilines is 1. The van der Waals surface area contributed by atoms with Gasteiger partial charge in [0, 0.05) is 29.1 Å². The smallest absolute Gasteiger partial charge is 0.230 e. The molecule has 3 aromatic rings. The van der Waals surface area contributed by atoms with Crippen molar-refractivity contribution in [3.8, 4) is 5.69 Å². The van der Waals surface area contributed by atoms with Gasteiger partial charge in [0.1, 0.15) is 0 Å². The van der Waals surface area contributed by atoms with E-state index >= 15 is 0 Å². The fourth-order valence-corrected chi connectivity index (χ4v) is 2.84. The van der Waals surface area contributed by atoms with Crippen LogP contribution in [0.25, 0.3) is 5.69 Å². The first kappa shape index (κ1) is 14.5. The van der Waals surface area contributed by atoms with Gasteiger partial charge in [0.25, 0.3) is 0 Å². The number of thiazole rings is 1. The Balaban J connectivity index is 1.61. The number of imidazole rings is 1. The van der Waals surface area contributed by atoms with E-state index in [2.05, 4.69) is 22.2 Å². The first-order valence-corrected chi connectivity index (χ1v) is 7.94. The standard InChI is InChI=1S/C16H16N4OS/c1-2-16-19-13(10-22-16)9-15(21)18-12-3-5-14(6-4-12)20-8-7-17-11-20/h3-8,10-11H,2,9H2,1H3,(H,18,21). The average Bonchev–Trinajstić information content (AvgIpc) is 3.19. The maximum Gasteiger partial charge on any atom is 0.230 e. The molecule has 1 aromatic carbocycles. The van der Waals surface area contributed by atoms with Crippen LogP contribution in [0.1, 0.15) is 17.6 Å². The number of hydrogen-bond donors (Lipinski definition) is 1. The number of benzene rings is 1. The van der Waals surface area contributed by atoms with Crippen molar-refractivity contribution in [1.82, 2.24) is 14.5 Å². The van der Waals surface area contributed by atoms with Gasteiger partial charge in [-0.25, -0.2) is 9.97 Å². The van der Waals surface area contributed by atoms with E-state index in [1.807, 2.05) is 40.4 Å². The summed E-state index contributed by atoms with van der Waals surface area (Å²) in [7, 11) is 0. The lowest BCUT2D eigenvalue weighted by Gasteiger charge is -2.06. The number of aromatic nitrogens is 3. The highest BCUT2D eigenvalue weighted by molar-refractivity contribution is 7.09. The number of carbonyl (C=O) groups is 1. The molecule has 112 valence electrons. The summed E-state index contributed by atoms with van der Waals surface area (Å²) in [5, 5.41) is 5.90. The lowest BCUT2D eigenvalue weighted by atomic mass is 10.2. The molecule has 3 rings (SSSR count). The van der Waals surface area contributed by atoms with Gasteiger partial charge in [-0.15, -0.1) is 11.3 Å². The minimum atomic E-state index is -0.0525. The highest BCUT2D eigenvalue weighted by Gasteiger charge is 2.07. The topological polar surface area (TPSA) is 59.8 Å². The van der Waals surface area contributed by atoms with E-state index in [1.54, 1.807) is 23.9 Å². The molecule has 0 aliphatic rings. The third-order valence-corrected chi connectivity index (χ3v) is 4.24. The van der Waals surface area contributed by atoms with Gasteiger partial charge in [-0.3, -0.25) is 4.79 Å². The van der Waals surface area contributed by atoms with Crippen LogP contribution in [-0.2, 0) is 17.6 Å². The molecule has 2 aromatic heterocycles. The van der Waals surface area contributed by atoms with Crippen LogP contribution in [0, 0.1) is 0 Å². The van der Waals surface area contributed by atoms with Crippen molar-refractivity contribution in [3.63, 3.8) is 0 Å². The van der Waals surface area contributed by atoms with E-state index in [0.29, 0.717) is 6.42 Å². The summed E-state index contributed by atoms with van der Waals surface area (Å²) in [5.74, 6) is -0.0525. The third-order valence-electron chi connectivity index (χ3n) is 3.20. The molecule has 1 N–H and O–H groups in total. The quantitative estimate of drug-likeness (QED) is 0.787. The minimum Gasteiger partial charge on any atom is -0.326 e. The first-order chi connectivity index (χ1) is 10.7. The van der Waals surface area contributed by atoms with Crippen LogP contribution < -0.4 is 5.32 Å². The van der Waals surface area contributed by atoms with Gasteiger partial charge in [-0.2, -0.15) is 0 Å². The number of amides is 1. The monoisotopic (exact) mass is 312 g/mol. The molecular formula is C16H16N4OS. The molecule has 0 saturated heterocycles. The second-order valence-electron chi connectivity index (χ2n) is 4.83. The van der Waals surface area contributed by atoms with Crippen molar-refractivity contribution >= 4 is 22.9 Å². The average molecular weight is 312 g/mol. The summed E-state index contributed by atoms with van der Waals surface area (Å²) >= 11 is 1.60. The molecule has 22 heavy (non-hydrogen) atoms. The fourth-order valence-electron chi connectivity index (χ4n) is 2.09. The van der Waals surface area contributed by atoms with Gasteiger partial charge in [0.2, 0.25) is 5.91 Å². The molecule has 0 bridgehead atoms. The Kier molecular flexibility index (Phi) is 4.29.